The molecular formula is C34H55IN2. The van der Waals surface area contributed by atoms with E-state index in [-0.39, 0.29) is 24.0 Å². The Bertz CT molecular complexity index is 795. The van der Waals surface area contributed by atoms with Crippen molar-refractivity contribution in [3.8, 4) is 0 Å². The topological polar surface area (TPSA) is 7.12 Å². The fraction of sp³-hybridized carbons (Fsp3) is 0.618. The average Bonchev–Trinajstić information content (AvgIpc) is 2.90. The van der Waals surface area contributed by atoms with E-state index in [1.54, 1.807) is 0 Å². The average molecular weight is 619 g/mol. The lowest BCUT2D eigenvalue weighted by Gasteiger charge is -2.25. The summed E-state index contributed by atoms with van der Waals surface area (Å²) in [5.41, 5.74) is 3.87. The van der Waals surface area contributed by atoms with E-state index in [1.807, 2.05) is 0 Å². The van der Waals surface area contributed by atoms with Gasteiger partial charge in [-0.05, 0) is 42.7 Å². The van der Waals surface area contributed by atoms with E-state index in [0.717, 1.165) is 0 Å². The maximum absolute atomic E-state index is 2.65. The van der Waals surface area contributed by atoms with E-state index in [2.05, 4.69) is 91.2 Å². The molecule has 1 aromatic carbocycles. The third-order valence-corrected chi connectivity index (χ3v) is 7.36. The van der Waals surface area contributed by atoms with E-state index in [9.17, 15) is 0 Å². The van der Waals surface area contributed by atoms with Gasteiger partial charge in [-0.15, -0.1) is 0 Å². The Morgan fingerprint density at radius 2 is 1.08 bits per heavy atom. The third-order valence-electron chi connectivity index (χ3n) is 7.36. The fourth-order valence-corrected chi connectivity index (χ4v) is 4.93. The number of hydrogen-bond acceptors (Lipinski definition) is 1. The largest absolute Gasteiger partial charge is 1.00 e. The van der Waals surface area contributed by atoms with Crippen LogP contribution < -0.4 is 33.4 Å². The maximum Gasteiger partial charge on any atom is 0.204 e. The van der Waals surface area contributed by atoms with Gasteiger partial charge >= 0.3 is 0 Å². The lowest BCUT2D eigenvalue weighted by molar-refractivity contribution is -0.673. The van der Waals surface area contributed by atoms with Gasteiger partial charge in [0.15, 0.2) is 6.20 Å². The van der Waals surface area contributed by atoms with Gasteiger partial charge < -0.3 is 28.9 Å². The van der Waals surface area contributed by atoms with Gasteiger partial charge in [0.05, 0.1) is 0 Å². The van der Waals surface area contributed by atoms with Crippen LogP contribution in [0.4, 0.5) is 5.69 Å². The number of halogens is 1. The SMILES string of the molecule is CCCCCCCCCCN(CCCCCCCCCC)c1ccc(C=Cc2cccc[n+]2C)cc1.[I-]. The molecule has 0 aliphatic carbocycles. The molecule has 0 fully saturated rings. The zero-order valence-electron chi connectivity index (χ0n) is 24.3. The van der Waals surface area contributed by atoms with Crippen LogP contribution in [0, 0.1) is 0 Å². The van der Waals surface area contributed by atoms with Crippen LogP contribution in [-0.4, -0.2) is 13.1 Å². The smallest absolute Gasteiger partial charge is 0.204 e. The molecule has 2 rings (SSSR count). The van der Waals surface area contributed by atoms with Crippen molar-refractivity contribution in [2.45, 2.75) is 117 Å². The molecule has 0 radical (unpaired) electrons. The highest BCUT2D eigenvalue weighted by molar-refractivity contribution is 5.68. The van der Waals surface area contributed by atoms with Crippen molar-refractivity contribution in [1.82, 2.24) is 0 Å². The fourth-order valence-electron chi connectivity index (χ4n) is 4.93. The van der Waals surface area contributed by atoms with Crippen molar-refractivity contribution < 1.29 is 28.5 Å². The van der Waals surface area contributed by atoms with E-state index in [0.29, 0.717) is 0 Å². The highest BCUT2D eigenvalue weighted by Gasteiger charge is 2.07. The third kappa shape index (κ3) is 15.6. The number of benzene rings is 1. The lowest BCUT2D eigenvalue weighted by Crippen LogP contribution is -3.00. The maximum atomic E-state index is 2.65. The summed E-state index contributed by atoms with van der Waals surface area (Å²) < 4.78 is 2.15. The number of hydrogen-bond donors (Lipinski definition) is 0. The predicted molar refractivity (Wildman–Crippen MR) is 160 cm³/mol. The number of aromatic nitrogens is 1. The molecule has 0 atom stereocenters. The number of pyridine rings is 1. The zero-order chi connectivity index (χ0) is 25.7. The summed E-state index contributed by atoms with van der Waals surface area (Å²) in [4.78, 5) is 2.65. The Labute approximate surface area is 247 Å². The first-order valence-electron chi connectivity index (χ1n) is 15.2. The number of rotatable bonds is 21. The van der Waals surface area contributed by atoms with Gasteiger partial charge in [0.25, 0.3) is 0 Å². The molecule has 1 heterocycles. The van der Waals surface area contributed by atoms with Crippen LogP contribution in [0.1, 0.15) is 128 Å². The molecule has 2 nitrogen and oxygen atoms in total. The monoisotopic (exact) mass is 618 g/mol. The van der Waals surface area contributed by atoms with E-state index in [1.165, 1.54) is 133 Å². The summed E-state index contributed by atoms with van der Waals surface area (Å²) in [6.45, 7) is 6.99. The van der Waals surface area contributed by atoms with Crippen molar-refractivity contribution in [2.24, 2.45) is 7.05 Å². The summed E-state index contributed by atoms with van der Waals surface area (Å²) >= 11 is 0. The normalized spacial score (nSPS) is 11.1. The second-order valence-electron chi connectivity index (χ2n) is 10.6. The number of aryl methyl sites for hydroxylation is 1. The molecule has 0 saturated heterocycles. The minimum atomic E-state index is 0. The van der Waals surface area contributed by atoms with Crippen LogP contribution in [-0.2, 0) is 7.05 Å². The van der Waals surface area contributed by atoms with Crippen molar-refractivity contribution in [1.29, 1.82) is 0 Å². The van der Waals surface area contributed by atoms with Crippen LogP contribution in [0.5, 0.6) is 0 Å². The van der Waals surface area contributed by atoms with Crippen LogP contribution in [0.3, 0.4) is 0 Å². The van der Waals surface area contributed by atoms with Crippen LogP contribution in [0.25, 0.3) is 12.2 Å². The van der Waals surface area contributed by atoms with Crippen LogP contribution in [0.15, 0.2) is 48.7 Å². The van der Waals surface area contributed by atoms with E-state index >= 15 is 0 Å². The van der Waals surface area contributed by atoms with Gasteiger partial charge in [-0.25, -0.2) is 4.57 Å². The number of anilines is 1. The zero-order valence-corrected chi connectivity index (χ0v) is 26.4. The number of nitrogens with zero attached hydrogens (tertiary/aromatic N) is 2. The first kappa shape index (κ1) is 33.7. The van der Waals surface area contributed by atoms with Gasteiger partial charge in [-0.1, -0.05) is 116 Å². The summed E-state index contributed by atoms with van der Waals surface area (Å²) in [6, 6.07) is 15.5. The van der Waals surface area contributed by atoms with Crippen molar-refractivity contribution in [3.63, 3.8) is 0 Å². The molecule has 3 heteroatoms. The number of unbranched alkanes of at least 4 members (excludes halogenated alkanes) is 14. The van der Waals surface area contributed by atoms with Crippen molar-refractivity contribution in [3.05, 3.63) is 59.9 Å². The predicted octanol–water partition coefficient (Wildman–Crippen LogP) is 6.77. The summed E-state index contributed by atoms with van der Waals surface area (Å²) in [7, 11) is 2.09. The van der Waals surface area contributed by atoms with Crippen LogP contribution in [0.2, 0.25) is 0 Å². The summed E-state index contributed by atoms with van der Waals surface area (Å²) in [6.07, 6.45) is 28.7. The summed E-state index contributed by atoms with van der Waals surface area (Å²) in [5, 5.41) is 0. The molecule has 0 saturated carbocycles. The molecule has 1 aromatic heterocycles. The Kier molecular flexibility index (Phi) is 20.6. The van der Waals surface area contributed by atoms with Crippen molar-refractivity contribution in [2.75, 3.05) is 18.0 Å². The van der Waals surface area contributed by atoms with E-state index < -0.39 is 0 Å². The van der Waals surface area contributed by atoms with Gasteiger partial charge in [0.2, 0.25) is 5.69 Å². The van der Waals surface area contributed by atoms with Gasteiger partial charge in [-0.2, -0.15) is 0 Å². The molecule has 0 bridgehead atoms. The second-order valence-corrected chi connectivity index (χ2v) is 10.6. The molecule has 0 amide bonds. The highest BCUT2D eigenvalue weighted by Crippen LogP contribution is 2.20. The first-order chi connectivity index (χ1) is 17.7. The molecular weight excluding hydrogens is 563 g/mol. The molecule has 37 heavy (non-hydrogen) atoms. The van der Waals surface area contributed by atoms with Gasteiger partial charge in [-0.3, -0.25) is 0 Å². The Morgan fingerprint density at radius 1 is 0.595 bits per heavy atom. The second kappa shape index (κ2) is 22.6. The summed E-state index contributed by atoms with van der Waals surface area (Å²) in [5.74, 6) is 0. The Hall–Kier alpha value is -1.36. The van der Waals surface area contributed by atoms with E-state index in [4.69, 9.17) is 0 Å². The molecule has 208 valence electrons. The lowest BCUT2D eigenvalue weighted by atomic mass is 10.1. The highest BCUT2D eigenvalue weighted by atomic mass is 127. The molecule has 0 N–H and O–H groups in total. The van der Waals surface area contributed by atoms with Crippen LogP contribution >= 0.6 is 0 Å². The van der Waals surface area contributed by atoms with Gasteiger partial charge in [0, 0.05) is 37.0 Å². The molecule has 2 aromatic rings. The molecule has 0 unspecified atom stereocenters. The minimum Gasteiger partial charge on any atom is -1.00 e. The molecule has 0 aliphatic rings. The minimum absolute atomic E-state index is 0. The standard InChI is InChI=1S/C34H55N2.HI/c1-4-6-8-10-12-14-16-19-30-36(31-20-17-15-13-11-9-7-5-2)34-27-24-32(25-28-34)23-26-33-22-18-21-29-35(33)3;/h18,21-29H,4-17,19-20,30-31H2,1-3H3;1H/q+1;/p-1. The molecule has 0 aliphatic heterocycles. The molecule has 0 spiro atoms. The Balaban J connectivity index is 0.00000684. The Morgan fingerprint density at radius 3 is 1.57 bits per heavy atom. The quantitative estimate of drug-likeness (QED) is 0.0851. The van der Waals surface area contributed by atoms with Gasteiger partial charge in [0.1, 0.15) is 7.05 Å². The first-order valence-corrected chi connectivity index (χ1v) is 15.2. The van der Waals surface area contributed by atoms with Crippen molar-refractivity contribution >= 4 is 17.8 Å².